The molecule has 0 aliphatic heterocycles. The minimum absolute atomic E-state index is 0.0622. The van der Waals surface area contributed by atoms with E-state index in [-0.39, 0.29) is 11.6 Å². The van der Waals surface area contributed by atoms with Gasteiger partial charge in [0.25, 0.3) is 0 Å². The van der Waals surface area contributed by atoms with E-state index in [0.717, 1.165) is 6.07 Å². The largest absolute Gasteiger partial charge is 0.500 e. The summed E-state index contributed by atoms with van der Waals surface area (Å²) in [5, 5.41) is 30.3. The Morgan fingerprint density at radius 1 is 1.52 bits per heavy atom. The molecule has 120 valence electrons. The molecule has 0 radical (unpaired) electrons. The maximum atomic E-state index is 11.1. The molecule has 1 aromatic heterocycles. The van der Waals surface area contributed by atoms with Crippen molar-refractivity contribution < 1.29 is 14.8 Å². The van der Waals surface area contributed by atoms with Crippen LogP contribution in [0.4, 0.5) is 11.5 Å². The summed E-state index contributed by atoms with van der Waals surface area (Å²) in [5.41, 5.74) is 2.06. The number of nitro benzene ring substituents is 1. The Morgan fingerprint density at radius 2 is 2.26 bits per heavy atom. The van der Waals surface area contributed by atoms with Crippen LogP contribution in [0.15, 0.2) is 22.0 Å². The molecule has 23 heavy (non-hydrogen) atoms. The van der Waals surface area contributed by atoms with Crippen LogP contribution in [0.25, 0.3) is 0 Å². The van der Waals surface area contributed by atoms with E-state index >= 15 is 0 Å². The molecule has 0 unspecified atom stereocenters. The zero-order valence-electron chi connectivity index (χ0n) is 12.1. The molecule has 0 aliphatic rings. The van der Waals surface area contributed by atoms with Crippen molar-refractivity contribution >= 4 is 17.7 Å². The number of nitro groups is 1. The van der Waals surface area contributed by atoms with Gasteiger partial charge in [0.15, 0.2) is 11.6 Å². The number of benzene rings is 1. The molecule has 3 N–H and O–H groups in total. The first kappa shape index (κ1) is 15.9. The number of phenols is 1. The number of hydrogen-bond acceptors (Lipinski definition) is 9. The van der Waals surface area contributed by atoms with E-state index in [9.17, 15) is 20.0 Å². The van der Waals surface area contributed by atoms with Gasteiger partial charge in [-0.15, -0.1) is 0 Å². The van der Waals surface area contributed by atoms with E-state index in [1.807, 2.05) is 0 Å². The third-order valence-corrected chi connectivity index (χ3v) is 2.75. The van der Waals surface area contributed by atoms with Gasteiger partial charge in [-0.25, -0.2) is 9.89 Å². The van der Waals surface area contributed by atoms with Gasteiger partial charge >= 0.3 is 11.4 Å². The minimum atomic E-state index is -0.741. The number of rotatable bonds is 5. The molecule has 0 saturated carbocycles. The van der Waals surface area contributed by atoms with Crippen molar-refractivity contribution in [3.8, 4) is 11.5 Å². The number of hydrazone groups is 1. The molecule has 0 amide bonds. The molecule has 1 heterocycles. The zero-order valence-corrected chi connectivity index (χ0v) is 12.1. The van der Waals surface area contributed by atoms with Crippen molar-refractivity contribution in [1.29, 1.82) is 0 Å². The summed E-state index contributed by atoms with van der Waals surface area (Å²) in [7, 11) is 1.27. The second kappa shape index (κ2) is 6.51. The average Bonchev–Trinajstić information content (AvgIpc) is 2.51. The van der Waals surface area contributed by atoms with E-state index < -0.39 is 22.0 Å². The first-order valence-electron chi connectivity index (χ1n) is 6.20. The van der Waals surface area contributed by atoms with Crippen LogP contribution in [0.3, 0.4) is 0 Å². The molecular formula is C12H12N6O5. The van der Waals surface area contributed by atoms with Gasteiger partial charge in [0.2, 0.25) is 5.75 Å². The SMILES string of the molecule is COc1cc(/C=N\Nc2nc(=O)[nH]nc2C)cc([N+](=O)[O-])c1O. The molecule has 0 spiro atoms. The summed E-state index contributed by atoms with van der Waals surface area (Å²) in [6.07, 6.45) is 1.25. The van der Waals surface area contributed by atoms with E-state index in [1.54, 1.807) is 6.92 Å². The predicted octanol–water partition coefficient (Wildman–Crippen LogP) is 0.542. The van der Waals surface area contributed by atoms with Crippen LogP contribution < -0.4 is 15.9 Å². The summed E-state index contributed by atoms with van der Waals surface area (Å²) in [5.74, 6) is -0.489. The summed E-state index contributed by atoms with van der Waals surface area (Å²) < 4.78 is 4.87. The molecule has 11 heteroatoms. The third-order valence-electron chi connectivity index (χ3n) is 2.75. The molecular weight excluding hydrogens is 308 g/mol. The highest BCUT2D eigenvalue weighted by atomic mass is 16.6. The van der Waals surface area contributed by atoms with Gasteiger partial charge in [-0.2, -0.15) is 15.2 Å². The maximum Gasteiger partial charge on any atom is 0.363 e. The highest BCUT2D eigenvalue weighted by molar-refractivity contribution is 5.83. The van der Waals surface area contributed by atoms with Crippen LogP contribution in [0.2, 0.25) is 0 Å². The van der Waals surface area contributed by atoms with Gasteiger partial charge in [-0.05, 0) is 13.0 Å². The predicted molar refractivity (Wildman–Crippen MR) is 79.9 cm³/mol. The second-order valence-electron chi connectivity index (χ2n) is 4.29. The molecule has 1 aromatic carbocycles. The number of hydrogen-bond donors (Lipinski definition) is 3. The van der Waals surface area contributed by atoms with E-state index in [2.05, 4.69) is 25.7 Å². The summed E-state index contributed by atoms with van der Waals surface area (Å²) in [4.78, 5) is 24.9. The topological polar surface area (TPSA) is 156 Å². The minimum Gasteiger partial charge on any atom is -0.500 e. The maximum absolute atomic E-state index is 11.1. The number of ether oxygens (including phenoxy) is 1. The number of aromatic hydroxyl groups is 1. The van der Waals surface area contributed by atoms with E-state index in [1.165, 1.54) is 19.4 Å². The second-order valence-corrected chi connectivity index (χ2v) is 4.29. The fourth-order valence-corrected chi connectivity index (χ4v) is 1.65. The number of aryl methyl sites for hydroxylation is 1. The number of anilines is 1. The van der Waals surface area contributed by atoms with Crippen molar-refractivity contribution in [3.05, 3.63) is 44.0 Å². The Kier molecular flexibility index (Phi) is 4.50. The average molecular weight is 320 g/mol. The normalized spacial score (nSPS) is 10.7. The fourth-order valence-electron chi connectivity index (χ4n) is 1.65. The molecule has 0 bridgehead atoms. The lowest BCUT2D eigenvalue weighted by Gasteiger charge is -2.05. The smallest absolute Gasteiger partial charge is 0.363 e. The first-order chi connectivity index (χ1) is 10.9. The number of nitrogens with zero attached hydrogens (tertiary/aromatic N) is 4. The number of aromatic nitrogens is 3. The van der Waals surface area contributed by atoms with Gasteiger partial charge in [-0.3, -0.25) is 15.5 Å². The van der Waals surface area contributed by atoms with E-state index in [0.29, 0.717) is 11.3 Å². The lowest BCUT2D eigenvalue weighted by Crippen LogP contribution is -2.15. The Hall–Kier alpha value is -3.50. The molecule has 2 aromatic rings. The molecule has 0 aliphatic carbocycles. The van der Waals surface area contributed by atoms with Crippen LogP contribution in [0.5, 0.6) is 11.5 Å². The van der Waals surface area contributed by atoms with Gasteiger partial charge < -0.3 is 9.84 Å². The number of methoxy groups -OCH3 is 1. The summed E-state index contributed by atoms with van der Waals surface area (Å²) >= 11 is 0. The fraction of sp³-hybridized carbons (Fsp3) is 0.167. The first-order valence-corrected chi connectivity index (χ1v) is 6.20. The standard InChI is InChI=1S/C12H12N6O5/c1-6-11(14-12(20)17-15-6)16-13-5-7-3-8(18(21)22)10(19)9(4-7)23-2/h3-5,19H,1-2H3,(H2,14,16,17,20)/b13-5-. The molecule has 2 rings (SSSR count). The monoisotopic (exact) mass is 320 g/mol. The van der Waals surface area contributed by atoms with Gasteiger partial charge in [0, 0.05) is 11.6 Å². The van der Waals surface area contributed by atoms with Gasteiger partial charge in [0.05, 0.1) is 18.2 Å². The molecule has 0 fully saturated rings. The quantitative estimate of drug-likeness (QED) is 0.409. The summed E-state index contributed by atoms with van der Waals surface area (Å²) in [6, 6.07) is 2.49. The third kappa shape index (κ3) is 3.58. The molecule has 0 atom stereocenters. The van der Waals surface area contributed by atoms with Crippen molar-refractivity contribution in [3.63, 3.8) is 0 Å². The van der Waals surface area contributed by atoms with Crippen LogP contribution in [0, 0.1) is 17.0 Å². The Labute approximate surface area is 128 Å². The van der Waals surface area contributed by atoms with E-state index in [4.69, 9.17) is 4.74 Å². The van der Waals surface area contributed by atoms with Gasteiger partial charge in [-0.1, -0.05) is 0 Å². The van der Waals surface area contributed by atoms with Crippen molar-refractivity contribution in [2.24, 2.45) is 5.10 Å². The van der Waals surface area contributed by atoms with Crippen LogP contribution in [0.1, 0.15) is 11.3 Å². The highest BCUT2D eigenvalue weighted by Gasteiger charge is 2.19. The molecule has 11 nitrogen and oxygen atoms in total. The number of H-pyrrole nitrogens is 1. The van der Waals surface area contributed by atoms with Crippen LogP contribution in [-0.4, -0.2) is 38.5 Å². The van der Waals surface area contributed by atoms with Gasteiger partial charge in [0.1, 0.15) is 5.69 Å². The van der Waals surface area contributed by atoms with Crippen LogP contribution in [-0.2, 0) is 0 Å². The Morgan fingerprint density at radius 3 is 2.91 bits per heavy atom. The van der Waals surface area contributed by atoms with Crippen molar-refractivity contribution in [2.45, 2.75) is 6.92 Å². The Balaban J connectivity index is 2.29. The van der Waals surface area contributed by atoms with Crippen LogP contribution >= 0.6 is 0 Å². The number of aromatic amines is 1. The highest BCUT2D eigenvalue weighted by Crippen LogP contribution is 2.36. The summed E-state index contributed by atoms with van der Waals surface area (Å²) in [6.45, 7) is 1.61. The van der Waals surface area contributed by atoms with Crippen molar-refractivity contribution in [1.82, 2.24) is 15.2 Å². The molecule has 0 saturated heterocycles. The Bertz CT molecular complexity index is 831. The van der Waals surface area contributed by atoms with Crippen molar-refractivity contribution in [2.75, 3.05) is 12.5 Å². The number of nitrogens with one attached hydrogen (secondary N) is 2. The lowest BCUT2D eigenvalue weighted by atomic mass is 10.2. The lowest BCUT2D eigenvalue weighted by molar-refractivity contribution is -0.386. The number of phenolic OH excluding ortho intramolecular Hbond substituents is 1. The zero-order chi connectivity index (χ0) is 17.0.